The number of hydrogen-bond donors (Lipinski definition) is 0. The number of ether oxygens (including phenoxy) is 2. The van der Waals surface area contributed by atoms with Gasteiger partial charge in [0.25, 0.3) is 6.47 Å². The van der Waals surface area contributed by atoms with E-state index >= 15 is 0 Å². The Morgan fingerprint density at radius 1 is 1.36 bits per heavy atom. The normalized spacial score (nSPS) is 18.0. The first-order valence-corrected chi connectivity index (χ1v) is 4.10. The lowest BCUT2D eigenvalue weighted by Gasteiger charge is -2.19. The van der Waals surface area contributed by atoms with Crippen LogP contribution in [0.5, 0.6) is 0 Å². The lowest BCUT2D eigenvalue weighted by Crippen LogP contribution is -2.22. The second-order valence-electron chi connectivity index (χ2n) is 2.04. The molecule has 0 bridgehead atoms. The van der Waals surface area contributed by atoms with Gasteiger partial charge in [-0.05, 0) is 0 Å². The van der Waals surface area contributed by atoms with Gasteiger partial charge in [0.15, 0.2) is 0 Å². The maximum atomic E-state index is 9.81. The largest absolute Gasteiger partial charge is 0.464 e. The zero-order valence-corrected chi connectivity index (χ0v) is 7.21. The summed E-state index contributed by atoms with van der Waals surface area (Å²) in [6.45, 7) is 5.95. The van der Waals surface area contributed by atoms with Crippen molar-refractivity contribution in [3.63, 3.8) is 0 Å². The van der Waals surface area contributed by atoms with Crippen LogP contribution in [0.25, 0.3) is 0 Å². The Morgan fingerprint density at radius 3 is 2.36 bits per heavy atom. The number of rotatable bonds is 2. The third-order valence-electron chi connectivity index (χ3n) is 1.42. The van der Waals surface area contributed by atoms with Crippen molar-refractivity contribution >= 4 is 6.47 Å². The lowest BCUT2D eigenvalue weighted by atomic mass is 10.2. The molecule has 0 aromatic heterocycles. The van der Waals surface area contributed by atoms with E-state index in [4.69, 9.17) is 9.47 Å². The van der Waals surface area contributed by atoms with Crippen LogP contribution in [0, 0.1) is 0 Å². The molecule has 1 rings (SSSR count). The maximum Gasteiger partial charge on any atom is 0.293 e. The van der Waals surface area contributed by atoms with Crippen LogP contribution in [0.3, 0.4) is 0 Å². The Bertz CT molecular complexity index is 87.3. The molecule has 1 aliphatic heterocycles. The molecule has 3 nitrogen and oxygen atoms in total. The van der Waals surface area contributed by atoms with Gasteiger partial charge < -0.3 is 9.47 Å². The van der Waals surface area contributed by atoms with Gasteiger partial charge in [0, 0.05) is 12.8 Å². The topological polar surface area (TPSA) is 35.5 Å². The van der Waals surface area contributed by atoms with Crippen molar-refractivity contribution in [2.45, 2.75) is 32.8 Å². The fourth-order valence-electron chi connectivity index (χ4n) is 0.891. The fourth-order valence-corrected chi connectivity index (χ4v) is 0.891. The van der Waals surface area contributed by atoms with Crippen molar-refractivity contribution in [3.05, 3.63) is 0 Å². The highest BCUT2D eigenvalue weighted by Gasteiger charge is 2.13. The predicted octanol–water partition coefficient (Wildman–Crippen LogP) is 1.36. The summed E-state index contributed by atoms with van der Waals surface area (Å²) in [5.41, 5.74) is 0. The van der Waals surface area contributed by atoms with Gasteiger partial charge in [-0.2, -0.15) is 0 Å². The SMILES string of the molecule is CC.O=COC1CCOCC1. The van der Waals surface area contributed by atoms with Crippen molar-refractivity contribution in [1.29, 1.82) is 0 Å². The van der Waals surface area contributed by atoms with Crippen LogP contribution >= 0.6 is 0 Å². The minimum absolute atomic E-state index is 0.108. The second kappa shape index (κ2) is 7.54. The molecule has 3 heteroatoms. The molecule has 0 aromatic carbocycles. The summed E-state index contributed by atoms with van der Waals surface area (Å²) in [5, 5.41) is 0. The molecular formula is C8H16O3. The van der Waals surface area contributed by atoms with Gasteiger partial charge >= 0.3 is 0 Å². The first-order valence-electron chi connectivity index (χ1n) is 4.10. The minimum Gasteiger partial charge on any atom is -0.464 e. The second-order valence-corrected chi connectivity index (χ2v) is 2.04. The smallest absolute Gasteiger partial charge is 0.293 e. The monoisotopic (exact) mass is 160 g/mol. The van der Waals surface area contributed by atoms with Crippen LogP contribution in [-0.4, -0.2) is 25.8 Å². The molecule has 66 valence electrons. The summed E-state index contributed by atoms with van der Waals surface area (Å²) in [4.78, 5) is 9.81. The van der Waals surface area contributed by atoms with E-state index < -0.39 is 0 Å². The summed E-state index contributed by atoms with van der Waals surface area (Å²) in [6, 6.07) is 0. The van der Waals surface area contributed by atoms with E-state index in [9.17, 15) is 4.79 Å². The van der Waals surface area contributed by atoms with E-state index in [1.54, 1.807) is 0 Å². The molecule has 0 unspecified atom stereocenters. The van der Waals surface area contributed by atoms with Gasteiger partial charge in [0.2, 0.25) is 0 Å². The van der Waals surface area contributed by atoms with E-state index in [0.29, 0.717) is 6.47 Å². The lowest BCUT2D eigenvalue weighted by molar-refractivity contribution is -0.137. The molecule has 11 heavy (non-hydrogen) atoms. The number of carbonyl (C=O) groups excluding carboxylic acids is 1. The van der Waals surface area contributed by atoms with Crippen molar-refractivity contribution in [2.75, 3.05) is 13.2 Å². The third kappa shape index (κ3) is 4.79. The van der Waals surface area contributed by atoms with Crippen molar-refractivity contribution in [1.82, 2.24) is 0 Å². The standard InChI is InChI=1S/C6H10O3.C2H6/c7-5-9-6-1-3-8-4-2-6;1-2/h5-6H,1-4H2;1-2H3. The van der Waals surface area contributed by atoms with E-state index in [1.807, 2.05) is 13.8 Å². The molecule has 0 radical (unpaired) electrons. The zero-order chi connectivity index (χ0) is 8.53. The van der Waals surface area contributed by atoms with Gasteiger partial charge in [0.05, 0.1) is 13.2 Å². The number of carbonyl (C=O) groups is 1. The van der Waals surface area contributed by atoms with E-state index in [2.05, 4.69) is 0 Å². The maximum absolute atomic E-state index is 9.81. The molecule has 0 atom stereocenters. The fraction of sp³-hybridized carbons (Fsp3) is 0.875. The van der Waals surface area contributed by atoms with E-state index in [1.165, 1.54) is 0 Å². The molecule has 0 aliphatic carbocycles. The number of hydrogen-bond acceptors (Lipinski definition) is 3. The van der Waals surface area contributed by atoms with Crippen LogP contribution in [-0.2, 0) is 14.3 Å². The first-order chi connectivity index (χ1) is 5.43. The molecule has 0 spiro atoms. The Morgan fingerprint density at radius 2 is 1.91 bits per heavy atom. The summed E-state index contributed by atoms with van der Waals surface area (Å²) in [5.74, 6) is 0. The Labute approximate surface area is 67.7 Å². The molecule has 1 heterocycles. The van der Waals surface area contributed by atoms with Gasteiger partial charge in [-0.3, -0.25) is 4.79 Å². The van der Waals surface area contributed by atoms with Crippen molar-refractivity contribution < 1.29 is 14.3 Å². The average Bonchev–Trinajstić information content (AvgIpc) is 2.11. The van der Waals surface area contributed by atoms with Crippen molar-refractivity contribution in [3.8, 4) is 0 Å². The highest BCUT2D eigenvalue weighted by Crippen LogP contribution is 2.08. The Hall–Kier alpha value is -0.570. The quantitative estimate of drug-likeness (QED) is 0.572. The summed E-state index contributed by atoms with van der Waals surface area (Å²) < 4.78 is 9.77. The van der Waals surface area contributed by atoms with E-state index in [0.717, 1.165) is 26.1 Å². The summed E-state index contributed by atoms with van der Waals surface area (Å²) >= 11 is 0. The van der Waals surface area contributed by atoms with Crippen LogP contribution < -0.4 is 0 Å². The van der Waals surface area contributed by atoms with Gasteiger partial charge in [-0.15, -0.1) is 0 Å². The average molecular weight is 160 g/mol. The highest BCUT2D eigenvalue weighted by molar-refractivity contribution is 5.37. The molecule has 0 aromatic rings. The predicted molar refractivity (Wildman–Crippen MR) is 42.3 cm³/mol. The van der Waals surface area contributed by atoms with Crippen LogP contribution in [0.1, 0.15) is 26.7 Å². The van der Waals surface area contributed by atoms with Crippen LogP contribution in [0.4, 0.5) is 0 Å². The van der Waals surface area contributed by atoms with Gasteiger partial charge in [-0.1, -0.05) is 13.8 Å². The van der Waals surface area contributed by atoms with E-state index in [-0.39, 0.29) is 6.10 Å². The molecule has 0 saturated carbocycles. The van der Waals surface area contributed by atoms with Crippen LogP contribution in [0.2, 0.25) is 0 Å². The molecular weight excluding hydrogens is 144 g/mol. The molecule has 1 saturated heterocycles. The van der Waals surface area contributed by atoms with Gasteiger partial charge in [0.1, 0.15) is 6.10 Å². The third-order valence-corrected chi connectivity index (χ3v) is 1.42. The Kier molecular flexibility index (Phi) is 7.15. The molecule has 1 aliphatic rings. The summed E-state index contributed by atoms with van der Waals surface area (Å²) in [6.07, 6.45) is 1.80. The Balaban J connectivity index is 0.000000461. The molecule has 0 amide bonds. The molecule has 1 fully saturated rings. The minimum atomic E-state index is 0.108. The summed E-state index contributed by atoms with van der Waals surface area (Å²) in [7, 11) is 0. The van der Waals surface area contributed by atoms with Crippen LogP contribution in [0.15, 0.2) is 0 Å². The zero-order valence-electron chi connectivity index (χ0n) is 7.21. The highest BCUT2D eigenvalue weighted by atomic mass is 16.5. The molecule has 0 N–H and O–H groups in total. The van der Waals surface area contributed by atoms with Gasteiger partial charge in [-0.25, -0.2) is 0 Å². The first kappa shape index (κ1) is 10.4. The van der Waals surface area contributed by atoms with Crippen molar-refractivity contribution in [2.24, 2.45) is 0 Å².